The number of phenols is 1. The maximum Gasteiger partial charge on any atom is 0.431 e. The number of quaternary nitrogens is 1. The monoisotopic (exact) mass is 435 g/mol. The molecule has 0 aliphatic carbocycles. The molecule has 0 unspecified atom stereocenters. The lowest BCUT2D eigenvalue weighted by molar-refractivity contribution is -0.403. The number of carboxylic acids is 1. The Morgan fingerprint density at radius 2 is 1.71 bits per heavy atom. The third-order valence-corrected chi connectivity index (χ3v) is 4.91. The van der Waals surface area contributed by atoms with Gasteiger partial charge in [0.15, 0.2) is 6.04 Å². The first-order chi connectivity index (χ1) is 14.6. The molecule has 10 heteroatoms. The maximum atomic E-state index is 13.5. The van der Waals surface area contributed by atoms with Gasteiger partial charge in [-0.3, -0.25) is 4.79 Å². The Hall–Kier alpha value is -3.53. The van der Waals surface area contributed by atoms with Crippen LogP contribution in [0, 0.1) is 0 Å². The number of alkyl halides is 3. The summed E-state index contributed by atoms with van der Waals surface area (Å²) in [6.07, 6.45) is -5.03. The van der Waals surface area contributed by atoms with Crippen molar-refractivity contribution >= 4 is 22.8 Å². The lowest BCUT2D eigenvalue weighted by Gasteiger charge is -2.17. The Bertz CT molecular complexity index is 1090. The molecular formula is C21H21F3N3O4+. The van der Waals surface area contributed by atoms with Crippen molar-refractivity contribution in [2.75, 3.05) is 0 Å². The summed E-state index contributed by atoms with van der Waals surface area (Å²) in [6, 6.07) is 9.56. The number of aromatic hydroxyl groups is 1. The Morgan fingerprint density at radius 3 is 2.32 bits per heavy atom. The minimum Gasteiger partial charge on any atom is -0.508 e. The summed E-state index contributed by atoms with van der Waals surface area (Å²) in [7, 11) is 0. The molecule has 0 bridgehead atoms. The molecule has 0 radical (unpaired) electrons. The quantitative estimate of drug-likeness (QED) is 0.388. The average molecular weight is 435 g/mol. The van der Waals surface area contributed by atoms with Crippen LogP contribution < -0.4 is 11.1 Å². The Morgan fingerprint density at radius 1 is 1.06 bits per heavy atom. The number of fused-ring (bicyclic) bond motifs is 1. The summed E-state index contributed by atoms with van der Waals surface area (Å²) in [5, 5.41) is 21.4. The summed E-state index contributed by atoms with van der Waals surface area (Å²) in [4.78, 5) is 26.5. The highest BCUT2D eigenvalue weighted by Gasteiger charge is 2.38. The Balaban J connectivity index is 1.78. The highest BCUT2D eigenvalue weighted by Crippen LogP contribution is 2.35. The van der Waals surface area contributed by atoms with Crippen LogP contribution in [0.25, 0.3) is 10.9 Å². The van der Waals surface area contributed by atoms with Gasteiger partial charge in [0.05, 0.1) is 0 Å². The number of phenolic OH excluding ortho intramolecular Hbond substituents is 1. The number of hydrogen-bond acceptors (Lipinski definition) is 3. The highest BCUT2D eigenvalue weighted by atomic mass is 19.3. The van der Waals surface area contributed by atoms with E-state index >= 15 is 0 Å². The summed E-state index contributed by atoms with van der Waals surface area (Å²) in [5.41, 5.74) is 3.45. The molecule has 164 valence electrons. The van der Waals surface area contributed by atoms with E-state index in [9.17, 15) is 33.0 Å². The number of aliphatic carboxylic acids is 1. The van der Waals surface area contributed by atoms with Gasteiger partial charge in [-0.1, -0.05) is 30.3 Å². The van der Waals surface area contributed by atoms with Crippen molar-refractivity contribution in [1.82, 2.24) is 10.3 Å². The van der Waals surface area contributed by atoms with Gasteiger partial charge < -0.3 is 26.2 Å². The topological polar surface area (TPSA) is 130 Å². The molecule has 2 aromatic carbocycles. The first-order valence-electron chi connectivity index (χ1n) is 9.37. The van der Waals surface area contributed by atoms with Gasteiger partial charge in [0.1, 0.15) is 17.5 Å². The van der Waals surface area contributed by atoms with Crippen LogP contribution in [0.1, 0.15) is 16.8 Å². The van der Waals surface area contributed by atoms with Gasteiger partial charge in [-0.05, 0) is 29.3 Å². The Labute approximate surface area is 174 Å². The standard InChI is InChI=1S/C21H20F3N3O4/c22-21(23,24)18-14(13-3-1-2-4-16(13)26-18)10-15(25)19(29)27-17(20(30)31)9-11-5-7-12(28)8-6-11/h1-8,15,17,26,28H,9-10,25H2,(H,27,29)(H,30,31)/p+1/t15-,17-/m0/s1/i22-1. The SMILES string of the molecule is [NH3+][C@@H](Cc1c(C(F)(F)[18F])[nH]c2ccccc12)C(=O)N[C@@H](Cc1ccc(O)cc1)C(=O)O. The zero-order valence-corrected chi connectivity index (χ0v) is 16.2. The summed E-state index contributed by atoms with van der Waals surface area (Å²) in [6.45, 7) is 0. The number of hydrogen-bond donors (Lipinski definition) is 5. The van der Waals surface area contributed by atoms with Crippen LogP contribution in [0.15, 0.2) is 48.5 Å². The summed E-state index contributed by atoms with van der Waals surface area (Å²) >= 11 is 0. The van der Waals surface area contributed by atoms with Gasteiger partial charge in [0.25, 0.3) is 5.91 Å². The maximum absolute atomic E-state index is 13.5. The zero-order valence-electron chi connectivity index (χ0n) is 16.2. The predicted molar refractivity (Wildman–Crippen MR) is 105 cm³/mol. The van der Waals surface area contributed by atoms with Crippen molar-refractivity contribution in [3.63, 3.8) is 0 Å². The molecule has 7 nitrogen and oxygen atoms in total. The van der Waals surface area contributed by atoms with E-state index < -0.39 is 35.8 Å². The number of nitrogens with one attached hydrogen (secondary N) is 2. The second-order valence-corrected chi connectivity index (χ2v) is 7.19. The first-order valence-corrected chi connectivity index (χ1v) is 9.37. The number of H-pyrrole nitrogens is 1. The summed E-state index contributed by atoms with van der Waals surface area (Å²) < 4.78 is 40.4. The molecule has 1 aromatic heterocycles. The molecule has 31 heavy (non-hydrogen) atoms. The molecule has 0 spiro atoms. The van der Waals surface area contributed by atoms with Crippen LogP contribution in [-0.2, 0) is 28.6 Å². The van der Waals surface area contributed by atoms with Gasteiger partial charge >= 0.3 is 12.1 Å². The fourth-order valence-corrected chi connectivity index (χ4v) is 3.35. The smallest absolute Gasteiger partial charge is 0.431 e. The van der Waals surface area contributed by atoms with Crippen LogP contribution in [0.5, 0.6) is 5.75 Å². The zero-order chi connectivity index (χ0) is 22.8. The van der Waals surface area contributed by atoms with Crippen molar-refractivity contribution < 1.29 is 38.7 Å². The third kappa shape index (κ3) is 5.15. The van der Waals surface area contributed by atoms with E-state index in [-0.39, 0.29) is 29.7 Å². The number of para-hydroxylation sites is 1. The first kappa shape index (κ1) is 22.2. The molecule has 0 saturated heterocycles. The van der Waals surface area contributed by atoms with E-state index in [1.54, 1.807) is 12.1 Å². The number of aromatic amines is 1. The molecule has 2 atom stereocenters. The number of halogens is 3. The molecule has 7 N–H and O–H groups in total. The van der Waals surface area contributed by atoms with Crippen molar-refractivity contribution in [3.8, 4) is 5.75 Å². The fourth-order valence-electron chi connectivity index (χ4n) is 3.35. The molecule has 0 aliphatic heterocycles. The number of rotatable bonds is 7. The number of carbonyl (C=O) groups excluding carboxylic acids is 1. The van der Waals surface area contributed by atoms with Gasteiger partial charge in [0.2, 0.25) is 0 Å². The van der Waals surface area contributed by atoms with Crippen LogP contribution in [-0.4, -0.2) is 39.2 Å². The highest BCUT2D eigenvalue weighted by molar-refractivity contribution is 5.88. The van der Waals surface area contributed by atoms with E-state index in [2.05, 4.69) is 16.0 Å². The number of benzene rings is 2. The van der Waals surface area contributed by atoms with Gasteiger partial charge in [-0.25, -0.2) is 4.79 Å². The molecule has 0 saturated carbocycles. The van der Waals surface area contributed by atoms with Crippen LogP contribution >= 0.6 is 0 Å². The summed E-state index contributed by atoms with van der Waals surface area (Å²) in [5.74, 6) is -2.06. The second kappa shape index (κ2) is 8.68. The van der Waals surface area contributed by atoms with E-state index in [0.717, 1.165) is 0 Å². The van der Waals surface area contributed by atoms with Gasteiger partial charge in [0, 0.05) is 23.7 Å². The van der Waals surface area contributed by atoms with Crippen LogP contribution in [0.2, 0.25) is 0 Å². The third-order valence-electron chi connectivity index (χ3n) is 4.91. The molecule has 1 heterocycles. The minimum absolute atomic E-state index is 0.0108. The molecule has 1 amide bonds. The second-order valence-electron chi connectivity index (χ2n) is 7.19. The molecular weight excluding hydrogens is 414 g/mol. The van der Waals surface area contributed by atoms with E-state index in [1.165, 1.54) is 36.4 Å². The van der Waals surface area contributed by atoms with Crippen molar-refractivity contribution in [2.24, 2.45) is 0 Å². The van der Waals surface area contributed by atoms with Crippen molar-refractivity contribution in [2.45, 2.75) is 31.1 Å². The lowest BCUT2D eigenvalue weighted by Crippen LogP contribution is -2.69. The van der Waals surface area contributed by atoms with Gasteiger partial charge in [-0.2, -0.15) is 13.2 Å². The molecule has 0 fully saturated rings. The van der Waals surface area contributed by atoms with Gasteiger partial charge in [-0.15, -0.1) is 0 Å². The molecule has 0 aliphatic rings. The number of carboxylic acid groups (broad SMARTS) is 1. The Kier molecular flexibility index (Phi) is 6.21. The predicted octanol–water partition coefficient (Wildman–Crippen LogP) is 1.86. The van der Waals surface area contributed by atoms with Crippen molar-refractivity contribution in [3.05, 3.63) is 65.4 Å². The molecule has 3 rings (SSSR count). The normalized spacial score (nSPS) is 13.7. The van der Waals surface area contributed by atoms with Crippen LogP contribution in [0.3, 0.4) is 0 Å². The fraction of sp³-hybridized carbons (Fsp3) is 0.238. The number of amides is 1. The van der Waals surface area contributed by atoms with Crippen molar-refractivity contribution in [1.29, 1.82) is 0 Å². The number of carbonyl (C=O) groups is 2. The van der Waals surface area contributed by atoms with E-state index in [4.69, 9.17) is 0 Å². The minimum atomic E-state index is -4.65. The number of aromatic nitrogens is 1. The average Bonchev–Trinajstić information content (AvgIpc) is 3.08. The lowest BCUT2D eigenvalue weighted by atomic mass is 10.0. The van der Waals surface area contributed by atoms with E-state index in [0.29, 0.717) is 10.9 Å². The largest absolute Gasteiger partial charge is 0.508 e. The van der Waals surface area contributed by atoms with Crippen LogP contribution in [0.4, 0.5) is 13.2 Å². The molecule has 3 aromatic rings. The van der Waals surface area contributed by atoms with E-state index in [1.807, 2.05) is 0 Å².